The van der Waals surface area contributed by atoms with E-state index in [0.29, 0.717) is 43.1 Å². The molecule has 2 heterocycles. The maximum Gasteiger partial charge on any atom is 0.232 e. The maximum absolute atomic E-state index is 14.0. The average molecular weight is 492 g/mol. The van der Waals surface area contributed by atoms with Gasteiger partial charge in [-0.15, -0.1) is 10.2 Å². The molecule has 0 spiro atoms. The lowest BCUT2D eigenvalue weighted by atomic mass is 10.0. The Hall–Kier alpha value is -3.43. The molecule has 0 bridgehead atoms. The monoisotopic (exact) mass is 491 g/mol. The van der Waals surface area contributed by atoms with Crippen LogP contribution in [0.2, 0.25) is 0 Å². The second-order valence-electron chi connectivity index (χ2n) is 8.38. The first kappa shape index (κ1) is 23.3. The van der Waals surface area contributed by atoms with Gasteiger partial charge in [-0.25, -0.2) is 4.39 Å². The van der Waals surface area contributed by atoms with E-state index in [0.717, 1.165) is 16.3 Å². The fourth-order valence-corrected chi connectivity index (χ4v) is 4.90. The summed E-state index contributed by atoms with van der Waals surface area (Å²) in [7, 11) is 0. The van der Waals surface area contributed by atoms with Crippen LogP contribution in [0.25, 0.3) is 16.5 Å². The fourth-order valence-electron chi connectivity index (χ4n) is 4.14. The molecule has 1 fully saturated rings. The largest absolute Gasteiger partial charge is 0.378 e. The second-order valence-corrected chi connectivity index (χ2v) is 9.32. The van der Waals surface area contributed by atoms with E-state index in [-0.39, 0.29) is 23.5 Å². The van der Waals surface area contributed by atoms with Gasteiger partial charge in [0.15, 0.2) is 5.16 Å². The molecule has 3 aromatic carbocycles. The molecule has 0 saturated carbocycles. The third-order valence-electron chi connectivity index (χ3n) is 5.96. The lowest BCUT2D eigenvalue weighted by Gasteiger charge is -2.27. The molecule has 9 heteroatoms. The lowest BCUT2D eigenvalue weighted by molar-refractivity contribution is -0.119. The van der Waals surface area contributed by atoms with Gasteiger partial charge >= 0.3 is 0 Å². The van der Waals surface area contributed by atoms with Gasteiger partial charge < -0.3 is 15.0 Å². The molecule has 5 rings (SSSR count). The summed E-state index contributed by atoms with van der Waals surface area (Å²) in [4.78, 5) is 14.9. The number of halogens is 1. The van der Waals surface area contributed by atoms with Gasteiger partial charge in [0.25, 0.3) is 0 Å². The van der Waals surface area contributed by atoms with Crippen molar-refractivity contribution in [1.82, 2.24) is 20.1 Å². The number of fused-ring (bicyclic) bond motifs is 1. The topological polar surface area (TPSA) is 72.3 Å². The molecule has 1 atom stereocenters. The number of anilines is 1. The summed E-state index contributed by atoms with van der Waals surface area (Å²) in [6.45, 7) is 4.49. The summed E-state index contributed by atoms with van der Waals surface area (Å²) < 4.78 is 21.3. The van der Waals surface area contributed by atoms with Gasteiger partial charge in [0, 0.05) is 13.1 Å². The second kappa shape index (κ2) is 10.5. The Morgan fingerprint density at radius 1 is 1.06 bits per heavy atom. The number of amides is 1. The van der Waals surface area contributed by atoms with E-state index in [1.54, 1.807) is 10.6 Å². The minimum absolute atomic E-state index is 0.114. The number of benzene rings is 3. The summed E-state index contributed by atoms with van der Waals surface area (Å²) in [6.07, 6.45) is 0. The van der Waals surface area contributed by atoms with E-state index in [9.17, 15) is 9.18 Å². The fraction of sp³-hybridized carbons (Fsp3) is 0.269. The summed E-state index contributed by atoms with van der Waals surface area (Å²) in [5, 5.41) is 14.6. The highest BCUT2D eigenvalue weighted by Crippen LogP contribution is 2.28. The van der Waals surface area contributed by atoms with E-state index in [1.807, 2.05) is 31.2 Å². The van der Waals surface area contributed by atoms with Crippen LogP contribution in [0, 0.1) is 5.82 Å². The smallest absolute Gasteiger partial charge is 0.232 e. The molecule has 1 N–H and O–H groups in total. The van der Waals surface area contributed by atoms with E-state index in [4.69, 9.17) is 4.74 Å². The van der Waals surface area contributed by atoms with E-state index in [2.05, 4.69) is 44.7 Å². The minimum atomic E-state index is -0.345. The Kier molecular flexibility index (Phi) is 6.96. The quantitative estimate of drug-likeness (QED) is 0.387. The number of thioether (sulfide) groups is 1. The molecule has 1 aliphatic heterocycles. The molecule has 1 aliphatic rings. The van der Waals surface area contributed by atoms with E-state index >= 15 is 0 Å². The summed E-state index contributed by atoms with van der Waals surface area (Å²) >= 11 is 1.28. The number of hydrogen-bond donors (Lipinski definition) is 1. The predicted octanol–water partition coefficient (Wildman–Crippen LogP) is 4.37. The van der Waals surface area contributed by atoms with Crippen molar-refractivity contribution in [3.05, 3.63) is 78.1 Å². The molecular formula is C26H26FN5O2S. The Balaban J connectivity index is 1.31. The van der Waals surface area contributed by atoms with Crippen LogP contribution < -0.4 is 10.2 Å². The number of nitrogens with zero attached hydrogens (tertiary/aromatic N) is 4. The normalized spacial score (nSPS) is 14.7. The Bertz CT molecular complexity index is 1340. The zero-order chi connectivity index (χ0) is 24.2. The van der Waals surface area contributed by atoms with Crippen molar-refractivity contribution in [2.24, 2.45) is 0 Å². The highest BCUT2D eigenvalue weighted by Gasteiger charge is 2.23. The average Bonchev–Trinajstić information content (AvgIpc) is 3.32. The highest BCUT2D eigenvalue weighted by atomic mass is 32.2. The zero-order valence-corrected chi connectivity index (χ0v) is 20.2. The van der Waals surface area contributed by atoms with Crippen LogP contribution in [0.4, 0.5) is 10.3 Å². The number of carbonyl (C=O) groups excluding carboxylic acids is 1. The van der Waals surface area contributed by atoms with Crippen LogP contribution >= 0.6 is 11.8 Å². The van der Waals surface area contributed by atoms with Crippen LogP contribution in [0.1, 0.15) is 18.5 Å². The van der Waals surface area contributed by atoms with Crippen molar-refractivity contribution in [1.29, 1.82) is 0 Å². The number of hydrogen-bond acceptors (Lipinski definition) is 6. The molecule has 0 radical (unpaired) electrons. The molecular weight excluding hydrogens is 465 g/mol. The number of ether oxygens (including phenoxy) is 1. The van der Waals surface area contributed by atoms with Crippen molar-refractivity contribution < 1.29 is 13.9 Å². The van der Waals surface area contributed by atoms with Gasteiger partial charge in [-0.2, -0.15) is 0 Å². The lowest BCUT2D eigenvalue weighted by Crippen LogP contribution is -2.37. The number of carbonyl (C=O) groups is 1. The zero-order valence-electron chi connectivity index (χ0n) is 19.4. The number of aromatic nitrogens is 3. The standard InChI is InChI=1S/C26H26FN5O2S/c1-18(20-10-9-19-5-2-3-6-21(19)15-20)28-24(33)17-35-26-30-29-25(31-11-13-34-14-12-31)32(26)23-8-4-7-22(27)16-23/h2-10,15-16,18H,11-14,17H2,1H3,(H,28,33). The van der Waals surface area contributed by atoms with Crippen LogP contribution in [-0.4, -0.2) is 52.7 Å². The van der Waals surface area contributed by atoms with Gasteiger partial charge in [0.05, 0.1) is 30.7 Å². The Morgan fingerprint density at radius 2 is 1.86 bits per heavy atom. The molecule has 180 valence electrons. The Labute approximate surface area is 207 Å². The van der Waals surface area contributed by atoms with Crippen molar-refractivity contribution >= 4 is 34.4 Å². The maximum atomic E-state index is 14.0. The van der Waals surface area contributed by atoms with Crippen LogP contribution in [-0.2, 0) is 9.53 Å². The van der Waals surface area contributed by atoms with Gasteiger partial charge in [-0.3, -0.25) is 9.36 Å². The number of morpholine rings is 1. The minimum Gasteiger partial charge on any atom is -0.378 e. The molecule has 1 aromatic heterocycles. The van der Waals surface area contributed by atoms with Crippen molar-refractivity contribution in [2.75, 3.05) is 37.0 Å². The van der Waals surface area contributed by atoms with Gasteiger partial charge in [-0.1, -0.05) is 54.2 Å². The molecule has 35 heavy (non-hydrogen) atoms. The van der Waals surface area contributed by atoms with E-state index in [1.165, 1.54) is 23.9 Å². The first-order valence-electron chi connectivity index (χ1n) is 11.5. The highest BCUT2D eigenvalue weighted by molar-refractivity contribution is 7.99. The molecule has 1 amide bonds. The van der Waals surface area contributed by atoms with E-state index < -0.39 is 0 Å². The SMILES string of the molecule is CC(NC(=O)CSc1nnc(N2CCOCC2)n1-c1cccc(F)c1)c1ccc2ccccc2c1. The predicted molar refractivity (Wildman–Crippen MR) is 136 cm³/mol. The summed E-state index contributed by atoms with van der Waals surface area (Å²) in [5.74, 6) is 0.319. The third-order valence-corrected chi connectivity index (χ3v) is 6.89. The molecule has 1 unspecified atom stereocenters. The molecule has 1 saturated heterocycles. The summed E-state index contributed by atoms with van der Waals surface area (Å²) in [5.41, 5.74) is 1.66. The van der Waals surface area contributed by atoms with Gasteiger partial charge in [-0.05, 0) is 47.5 Å². The number of nitrogens with one attached hydrogen (secondary N) is 1. The van der Waals surface area contributed by atoms with Crippen LogP contribution in [0.3, 0.4) is 0 Å². The molecule has 0 aliphatic carbocycles. The van der Waals surface area contributed by atoms with Crippen molar-refractivity contribution in [2.45, 2.75) is 18.1 Å². The Morgan fingerprint density at radius 3 is 2.66 bits per heavy atom. The molecule has 7 nitrogen and oxygen atoms in total. The first-order chi connectivity index (χ1) is 17.1. The van der Waals surface area contributed by atoms with Crippen LogP contribution in [0.5, 0.6) is 0 Å². The summed E-state index contributed by atoms with van der Waals surface area (Å²) in [6, 6.07) is 20.5. The first-order valence-corrected chi connectivity index (χ1v) is 12.5. The van der Waals surface area contributed by atoms with Crippen molar-refractivity contribution in [3.63, 3.8) is 0 Å². The number of rotatable bonds is 7. The van der Waals surface area contributed by atoms with Gasteiger partial charge in [0.2, 0.25) is 11.9 Å². The van der Waals surface area contributed by atoms with Crippen molar-refractivity contribution in [3.8, 4) is 5.69 Å². The van der Waals surface area contributed by atoms with Crippen LogP contribution in [0.15, 0.2) is 71.9 Å². The van der Waals surface area contributed by atoms with Gasteiger partial charge in [0.1, 0.15) is 5.82 Å². The molecule has 4 aromatic rings. The third kappa shape index (κ3) is 5.31.